The highest BCUT2D eigenvalue weighted by Crippen LogP contribution is 2.34. The van der Waals surface area contributed by atoms with Crippen molar-refractivity contribution < 1.29 is 9.90 Å². The van der Waals surface area contributed by atoms with Gasteiger partial charge in [-0.3, -0.25) is 4.79 Å². The van der Waals surface area contributed by atoms with Crippen molar-refractivity contribution in [1.29, 1.82) is 0 Å². The molecule has 0 aromatic heterocycles. The summed E-state index contributed by atoms with van der Waals surface area (Å²) in [5.41, 5.74) is 0. The van der Waals surface area contributed by atoms with Crippen molar-refractivity contribution in [3.8, 4) is 0 Å². The summed E-state index contributed by atoms with van der Waals surface area (Å²) in [7, 11) is 0. The molecule has 2 nitrogen and oxygen atoms in total. The first kappa shape index (κ1) is 8.91. The Morgan fingerprint density at radius 1 is 1.64 bits per heavy atom. The van der Waals surface area contributed by atoms with Crippen molar-refractivity contribution in [3.05, 3.63) is 0 Å². The first-order valence-electron chi connectivity index (χ1n) is 3.93. The van der Waals surface area contributed by atoms with E-state index in [2.05, 4.69) is 6.92 Å². The molecule has 0 amide bonds. The lowest BCUT2D eigenvalue weighted by Gasteiger charge is -2.18. The third kappa shape index (κ3) is 1.89. The monoisotopic (exact) mass is 174 g/mol. The summed E-state index contributed by atoms with van der Waals surface area (Å²) in [6.45, 7) is 3.96. The van der Waals surface area contributed by atoms with Crippen molar-refractivity contribution in [2.24, 2.45) is 17.8 Å². The normalized spacial score (nSPS) is 33.6. The minimum Gasteiger partial charge on any atom is -0.481 e. The molecule has 11 heavy (non-hydrogen) atoms. The minimum atomic E-state index is -0.649. The molecule has 1 aliphatic rings. The third-order valence-corrected chi connectivity index (χ3v) is 3.84. The van der Waals surface area contributed by atoms with E-state index in [-0.39, 0.29) is 5.92 Å². The average molecular weight is 174 g/mol. The maximum absolute atomic E-state index is 10.6. The van der Waals surface area contributed by atoms with Crippen molar-refractivity contribution >= 4 is 17.7 Å². The molecule has 0 saturated carbocycles. The van der Waals surface area contributed by atoms with Gasteiger partial charge in [-0.25, -0.2) is 0 Å². The van der Waals surface area contributed by atoms with Gasteiger partial charge in [-0.1, -0.05) is 13.8 Å². The van der Waals surface area contributed by atoms with E-state index in [1.807, 2.05) is 18.7 Å². The molecule has 0 aliphatic carbocycles. The van der Waals surface area contributed by atoms with E-state index in [1.54, 1.807) is 0 Å². The largest absolute Gasteiger partial charge is 0.481 e. The van der Waals surface area contributed by atoms with E-state index in [4.69, 9.17) is 5.11 Å². The highest BCUT2D eigenvalue weighted by atomic mass is 32.2. The van der Waals surface area contributed by atoms with Gasteiger partial charge in [0.05, 0.1) is 5.92 Å². The second kappa shape index (κ2) is 3.48. The van der Waals surface area contributed by atoms with Crippen molar-refractivity contribution in [3.63, 3.8) is 0 Å². The molecule has 3 heteroatoms. The third-order valence-electron chi connectivity index (χ3n) is 2.45. The quantitative estimate of drug-likeness (QED) is 0.692. The van der Waals surface area contributed by atoms with Gasteiger partial charge in [0.2, 0.25) is 0 Å². The summed E-state index contributed by atoms with van der Waals surface area (Å²) in [4.78, 5) is 10.6. The zero-order valence-electron chi connectivity index (χ0n) is 6.91. The fourth-order valence-corrected chi connectivity index (χ4v) is 3.14. The van der Waals surface area contributed by atoms with Gasteiger partial charge in [0.1, 0.15) is 0 Å². The van der Waals surface area contributed by atoms with Crippen LogP contribution in [0.25, 0.3) is 0 Å². The van der Waals surface area contributed by atoms with Crippen molar-refractivity contribution in [1.82, 2.24) is 0 Å². The number of carbonyl (C=O) groups is 1. The predicted octanol–water partition coefficient (Wildman–Crippen LogP) is 1.71. The predicted molar refractivity (Wildman–Crippen MR) is 46.8 cm³/mol. The van der Waals surface area contributed by atoms with E-state index >= 15 is 0 Å². The fourth-order valence-electron chi connectivity index (χ4n) is 1.50. The zero-order chi connectivity index (χ0) is 8.43. The van der Waals surface area contributed by atoms with E-state index in [0.29, 0.717) is 11.8 Å². The van der Waals surface area contributed by atoms with Crippen LogP contribution in [-0.2, 0) is 4.79 Å². The zero-order valence-corrected chi connectivity index (χ0v) is 7.73. The van der Waals surface area contributed by atoms with Gasteiger partial charge in [-0.05, 0) is 23.3 Å². The van der Waals surface area contributed by atoms with E-state index in [1.165, 1.54) is 0 Å². The van der Waals surface area contributed by atoms with Gasteiger partial charge in [-0.2, -0.15) is 11.8 Å². The van der Waals surface area contributed by atoms with Crippen LogP contribution in [0.5, 0.6) is 0 Å². The van der Waals surface area contributed by atoms with Crippen LogP contribution in [0, 0.1) is 17.8 Å². The van der Waals surface area contributed by atoms with Crippen LogP contribution in [0.1, 0.15) is 13.8 Å². The number of aliphatic carboxylic acids is 1. The maximum Gasteiger partial charge on any atom is 0.306 e. The van der Waals surface area contributed by atoms with Crippen molar-refractivity contribution in [2.45, 2.75) is 13.8 Å². The summed E-state index contributed by atoms with van der Waals surface area (Å²) in [6, 6.07) is 0. The van der Waals surface area contributed by atoms with Crippen LogP contribution >= 0.6 is 11.8 Å². The Kier molecular flexibility index (Phi) is 2.82. The van der Waals surface area contributed by atoms with Crippen LogP contribution in [0.2, 0.25) is 0 Å². The minimum absolute atomic E-state index is 0.167. The Hall–Kier alpha value is -0.180. The smallest absolute Gasteiger partial charge is 0.306 e. The number of carboxylic acids is 1. The Bertz CT molecular complexity index is 158. The second-order valence-electron chi connectivity index (χ2n) is 3.31. The van der Waals surface area contributed by atoms with Crippen LogP contribution in [0.3, 0.4) is 0 Å². The van der Waals surface area contributed by atoms with Gasteiger partial charge in [0.15, 0.2) is 0 Å². The van der Waals surface area contributed by atoms with Gasteiger partial charge in [0, 0.05) is 0 Å². The van der Waals surface area contributed by atoms with Gasteiger partial charge < -0.3 is 5.11 Å². The van der Waals surface area contributed by atoms with Gasteiger partial charge in [0.25, 0.3) is 0 Å². The first-order valence-corrected chi connectivity index (χ1v) is 5.09. The number of hydrogen-bond donors (Lipinski definition) is 1. The Balaban J connectivity index is 2.52. The first-order chi connectivity index (χ1) is 5.13. The molecule has 0 spiro atoms. The van der Waals surface area contributed by atoms with E-state index in [0.717, 1.165) is 11.5 Å². The lowest BCUT2D eigenvalue weighted by molar-refractivity contribution is -0.143. The summed E-state index contributed by atoms with van der Waals surface area (Å²) < 4.78 is 0. The topological polar surface area (TPSA) is 37.3 Å². The highest BCUT2D eigenvalue weighted by molar-refractivity contribution is 7.99. The number of hydrogen-bond acceptors (Lipinski definition) is 2. The average Bonchev–Trinajstić information content (AvgIpc) is 2.33. The molecule has 1 rings (SSSR count). The van der Waals surface area contributed by atoms with Crippen LogP contribution in [-0.4, -0.2) is 22.6 Å². The molecule has 1 heterocycles. The Morgan fingerprint density at radius 3 is 2.64 bits per heavy atom. The Morgan fingerprint density at radius 2 is 2.27 bits per heavy atom. The number of thioether (sulfide) groups is 1. The Labute approximate surface area is 71.4 Å². The molecule has 0 radical (unpaired) electrons. The molecule has 0 aromatic rings. The SMILES string of the molecule is CC1CSCC1C(C)C(=O)O. The maximum atomic E-state index is 10.6. The number of rotatable bonds is 2. The molecule has 1 saturated heterocycles. The molecule has 1 fully saturated rings. The highest BCUT2D eigenvalue weighted by Gasteiger charge is 2.32. The molecule has 3 unspecified atom stereocenters. The lowest BCUT2D eigenvalue weighted by atomic mass is 9.86. The molecule has 1 N–H and O–H groups in total. The number of carboxylic acid groups (broad SMARTS) is 1. The molecule has 0 bridgehead atoms. The van der Waals surface area contributed by atoms with Gasteiger partial charge in [-0.15, -0.1) is 0 Å². The van der Waals surface area contributed by atoms with Gasteiger partial charge >= 0.3 is 5.97 Å². The second-order valence-corrected chi connectivity index (χ2v) is 4.38. The molecule has 1 aliphatic heterocycles. The fraction of sp³-hybridized carbons (Fsp3) is 0.875. The van der Waals surface area contributed by atoms with Crippen LogP contribution in [0.4, 0.5) is 0 Å². The molecule has 0 aromatic carbocycles. The van der Waals surface area contributed by atoms with Crippen LogP contribution in [0.15, 0.2) is 0 Å². The molecular formula is C8H14O2S. The lowest BCUT2D eigenvalue weighted by Crippen LogP contribution is -2.24. The van der Waals surface area contributed by atoms with Crippen molar-refractivity contribution in [2.75, 3.05) is 11.5 Å². The molecule has 3 atom stereocenters. The summed E-state index contributed by atoms with van der Waals surface area (Å²) >= 11 is 1.87. The summed E-state index contributed by atoms with van der Waals surface area (Å²) in [5.74, 6) is 2.30. The van der Waals surface area contributed by atoms with E-state index in [9.17, 15) is 4.79 Å². The van der Waals surface area contributed by atoms with E-state index < -0.39 is 5.97 Å². The standard InChI is InChI=1S/C8H14O2S/c1-5-3-11-4-7(5)6(2)8(9)10/h5-7H,3-4H2,1-2H3,(H,9,10). The molecular weight excluding hydrogens is 160 g/mol. The molecule has 64 valence electrons. The summed E-state index contributed by atoms with van der Waals surface area (Å²) in [6.07, 6.45) is 0. The van der Waals surface area contributed by atoms with Crippen LogP contribution < -0.4 is 0 Å². The summed E-state index contributed by atoms with van der Waals surface area (Å²) in [5, 5.41) is 8.75.